The Labute approximate surface area is 140 Å². The van der Waals surface area contributed by atoms with E-state index in [-0.39, 0.29) is 11.8 Å². The summed E-state index contributed by atoms with van der Waals surface area (Å²) in [7, 11) is 1.39. The van der Waals surface area contributed by atoms with Crippen LogP contribution >= 0.6 is 27.3 Å². The van der Waals surface area contributed by atoms with Gasteiger partial charge in [0.25, 0.3) is 0 Å². The maximum atomic E-state index is 14.0. The lowest BCUT2D eigenvalue weighted by molar-refractivity contribution is -0.148. The van der Waals surface area contributed by atoms with Crippen LogP contribution in [0.15, 0.2) is 22.1 Å². The first-order valence-electron chi connectivity index (χ1n) is 6.96. The molecule has 0 spiro atoms. The van der Waals surface area contributed by atoms with Gasteiger partial charge in [-0.15, -0.1) is 11.3 Å². The summed E-state index contributed by atoms with van der Waals surface area (Å²) in [5.41, 5.74) is 1.42. The van der Waals surface area contributed by atoms with E-state index in [0.717, 1.165) is 20.1 Å². The number of benzene rings is 1. The Balaban J connectivity index is 2.15. The van der Waals surface area contributed by atoms with Gasteiger partial charge in [-0.2, -0.15) is 0 Å². The van der Waals surface area contributed by atoms with E-state index in [1.54, 1.807) is 13.0 Å². The molecule has 0 bridgehead atoms. The number of halogens is 2. The topological polar surface area (TPSA) is 39.2 Å². The second-order valence-electron chi connectivity index (χ2n) is 5.50. The van der Waals surface area contributed by atoms with Gasteiger partial charge in [-0.05, 0) is 52.9 Å². The van der Waals surface area contributed by atoms with Crippen LogP contribution in [0.4, 0.5) is 4.39 Å². The quantitative estimate of drug-likeness (QED) is 0.736. The average Bonchev–Trinajstić information content (AvgIpc) is 2.87. The molecule has 1 aliphatic rings. The number of methoxy groups -OCH3 is 1. The van der Waals surface area contributed by atoms with Gasteiger partial charge in [-0.3, -0.25) is 4.79 Å². The van der Waals surface area contributed by atoms with Crippen molar-refractivity contribution in [1.29, 1.82) is 0 Å². The van der Waals surface area contributed by atoms with Gasteiger partial charge in [0, 0.05) is 11.3 Å². The van der Waals surface area contributed by atoms with Crippen molar-refractivity contribution in [2.24, 2.45) is 0 Å². The molecule has 0 aliphatic heterocycles. The number of hydrogen-bond donors (Lipinski definition) is 0. The molecule has 1 aromatic carbocycles. The Morgan fingerprint density at radius 1 is 1.50 bits per heavy atom. The van der Waals surface area contributed by atoms with E-state index < -0.39 is 5.41 Å². The molecule has 0 N–H and O–H groups in total. The van der Waals surface area contributed by atoms with Crippen LogP contribution in [0.3, 0.4) is 0 Å². The molecule has 1 aliphatic carbocycles. The molecule has 0 fully saturated rings. The molecule has 116 valence electrons. The number of esters is 1. The smallest absolute Gasteiger partial charge is 0.316 e. The van der Waals surface area contributed by atoms with Crippen LogP contribution < -0.4 is 0 Å². The minimum absolute atomic E-state index is 0.294. The van der Waals surface area contributed by atoms with Crippen LogP contribution in [-0.4, -0.2) is 18.1 Å². The average molecular weight is 384 g/mol. The van der Waals surface area contributed by atoms with E-state index in [0.29, 0.717) is 24.8 Å². The number of aryl methyl sites for hydroxylation is 1. The van der Waals surface area contributed by atoms with E-state index in [1.165, 1.54) is 24.5 Å². The Morgan fingerprint density at radius 3 is 3.00 bits per heavy atom. The molecular formula is C16H15BrFNO2S. The highest BCUT2D eigenvalue weighted by Gasteiger charge is 2.46. The summed E-state index contributed by atoms with van der Waals surface area (Å²) in [6.07, 6.45) is 1.76. The molecule has 3 rings (SSSR count). The van der Waals surface area contributed by atoms with Gasteiger partial charge >= 0.3 is 5.97 Å². The van der Waals surface area contributed by atoms with Crippen molar-refractivity contribution in [3.8, 4) is 0 Å². The Hall–Kier alpha value is -1.27. The molecule has 22 heavy (non-hydrogen) atoms. The van der Waals surface area contributed by atoms with Gasteiger partial charge in [0.1, 0.15) is 5.82 Å². The van der Waals surface area contributed by atoms with Gasteiger partial charge < -0.3 is 4.74 Å². The van der Waals surface area contributed by atoms with Crippen molar-refractivity contribution in [3.63, 3.8) is 0 Å². The highest BCUT2D eigenvalue weighted by Crippen LogP contribution is 2.43. The number of fused-ring (bicyclic) bond motifs is 1. The summed E-state index contributed by atoms with van der Waals surface area (Å²) < 4.78 is 19.9. The fraction of sp³-hybridized carbons (Fsp3) is 0.375. The number of thiazole rings is 1. The van der Waals surface area contributed by atoms with Crippen molar-refractivity contribution in [1.82, 2.24) is 4.98 Å². The van der Waals surface area contributed by atoms with Crippen LogP contribution in [0.1, 0.15) is 28.1 Å². The monoisotopic (exact) mass is 383 g/mol. The molecule has 1 atom stereocenters. The summed E-state index contributed by atoms with van der Waals surface area (Å²) in [4.78, 5) is 18.1. The largest absolute Gasteiger partial charge is 0.468 e. The normalized spacial score (nSPS) is 20.5. The number of nitrogens with zero attached hydrogens (tertiary/aromatic N) is 1. The molecule has 2 aromatic rings. The predicted molar refractivity (Wildman–Crippen MR) is 86.7 cm³/mol. The highest BCUT2D eigenvalue weighted by molar-refractivity contribution is 9.11. The summed E-state index contributed by atoms with van der Waals surface area (Å²) in [5.74, 6) is -0.603. The lowest BCUT2D eigenvalue weighted by atomic mass is 9.69. The second kappa shape index (κ2) is 5.74. The van der Waals surface area contributed by atoms with Crippen LogP contribution in [0.2, 0.25) is 0 Å². The predicted octanol–water partition coefficient (Wildman–Crippen LogP) is 3.95. The zero-order chi connectivity index (χ0) is 15.9. The van der Waals surface area contributed by atoms with E-state index in [4.69, 9.17) is 4.74 Å². The summed E-state index contributed by atoms with van der Waals surface area (Å²) in [6.45, 7) is 1.72. The standard InChI is InChI=1S/C16H15BrFNO2S/c1-9-10(4-3-5-11(9)18)16(14(20)21-2)7-6-12-13(8-16)22-15(17)19-12/h3-5H,6-8H2,1-2H3. The summed E-state index contributed by atoms with van der Waals surface area (Å²) in [5, 5.41) is 0. The fourth-order valence-corrected chi connectivity index (χ4v) is 4.96. The molecule has 0 saturated carbocycles. The van der Waals surface area contributed by atoms with Crippen molar-refractivity contribution >= 4 is 33.2 Å². The molecule has 0 saturated heterocycles. The Bertz CT molecular complexity index is 746. The molecule has 1 aromatic heterocycles. The van der Waals surface area contributed by atoms with Gasteiger partial charge in [-0.1, -0.05) is 12.1 Å². The molecule has 0 radical (unpaired) electrons. The van der Waals surface area contributed by atoms with Gasteiger partial charge in [0.2, 0.25) is 0 Å². The first-order chi connectivity index (χ1) is 10.5. The maximum Gasteiger partial charge on any atom is 0.316 e. The second-order valence-corrected chi connectivity index (χ2v) is 7.86. The zero-order valence-electron chi connectivity index (χ0n) is 12.3. The van der Waals surface area contributed by atoms with Crippen LogP contribution in [0, 0.1) is 12.7 Å². The summed E-state index contributed by atoms with van der Waals surface area (Å²) >= 11 is 4.93. The maximum absolute atomic E-state index is 14.0. The molecule has 6 heteroatoms. The van der Waals surface area contributed by atoms with Crippen molar-refractivity contribution < 1.29 is 13.9 Å². The van der Waals surface area contributed by atoms with Crippen molar-refractivity contribution in [2.75, 3.05) is 7.11 Å². The number of rotatable bonds is 2. The molecule has 1 unspecified atom stereocenters. The van der Waals surface area contributed by atoms with E-state index in [9.17, 15) is 9.18 Å². The number of carbonyl (C=O) groups is 1. The van der Waals surface area contributed by atoms with Gasteiger partial charge in [0.15, 0.2) is 3.92 Å². The lowest BCUT2D eigenvalue weighted by Crippen LogP contribution is -2.42. The van der Waals surface area contributed by atoms with Gasteiger partial charge in [-0.25, -0.2) is 9.37 Å². The third kappa shape index (κ3) is 2.38. The van der Waals surface area contributed by atoms with E-state index in [2.05, 4.69) is 20.9 Å². The Kier molecular flexibility index (Phi) is 4.07. The Morgan fingerprint density at radius 2 is 2.27 bits per heavy atom. The third-order valence-electron chi connectivity index (χ3n) is 4.36. The van der Waals surface area contributed by atoms with Crippen LogP contribution in [-0.2, 0) is 27.8 Å². The SMILES string of the molecule is COC(=O)C1(c2cccc(F)c2C)CCc2nc(Br)sc2C1. The van der Waals surface area contributed by atoms with Crippen LogP contribution in [0.5, 0.6) is 0 Å². The molecule has 1 heterocycles. The van der Waals surface area contributed by atoms with Gasteiger partial charge in [0.05, 0.1) is 18.2 Å². The minimum Gasteiger partial charge on any atom is -0.468 e. The van der Waals surface area contributed by atoms with Crippen LogP contribution in [0.25, 0.3) is 0 Å². The lowest BCUT2D eigenvalue weighted by Gasteiger charge is -2.35. The number of aromatic nitrogens is 1. The first kappa shape index (κ1) is 15.6. The molecule has 0 amide bonds. The van der Waals surface area contributed by atoms with E-state index in [1.807, 2.05) is 6.07 Å². The zero-order valence-corrected chi connectivity index (χ0v) is 14.7. The fourth-order valence-electron chi connectivity index (χ4n) is 3.21. The number of carbonyl (C=O) groups excluding carboxylic acids is 1. The first-order valence-corrected chi connectivity index (χ1v) is 8.57. The number of hydrogen-bond acceptors (Lipinski definition) is 4. The van der Waals surface area contributed by atoms with E-state index >= 15 is 0 Å². The molecular weight excluding hydrogens is 369 g/mol. The molecule has 3 nitrogen and oxygen atoms in total. The number of ether oxygens (including phenoxy) is 1. The van der Waals surface area contributed by atoms with Crippen molar-refractivity contribution in [3.05, 3.63) is 49.6 Å². The summed E-state index contributed by atoms with van der Waals surface area (Å²) in [6, 6.07) is 4.90. The highest BCUT2D eigenvalue weighted by atomic mass is 79.9. The third-order valence-corrected chi connectivity index (χ3v) is 5.91. The minimum atomic E-state index is -0.833. The van der Waals surface area contributed by atoms with Crippen molar-refractivity contribution in [2.45, 2.75) is 31.6 Å².